The van der Waals surface area contributed by atoms with Crippen molar-refractivity contribution in [3.05, 3.63) is 52.7 Å². The minimum Gasteiger partial charge on any atom is -0.466 e. The van der Waals surface area contributed by atoms with Crippen LogP contribution in [-0.4, -0.2) is 18.0 Å². The van der Waals surface area contributed by atoms with Crippen LogP contribution < -0.4 is 5.32 Å². The summed E-state index contributed by atoms with van der Waals surface area (Å²) in [6, 6.07) is 5.90. The minimum atomic E-state index is -1.03. The molecule has 6 heteroatoms. The summed E-state index contributed by atoms with van der Waals surface area (Å²) < 4.78 is 23.8. The van der Waals surface area contributed by atoms with Crippen molar-refractivity contribution in [2.75, 3.05) is 5.32 Å². The lowest BCUT2D eigenvalue weighted by Crippen LogP contribution is -2.30. The van der Waals surface area contributed by atoms with Gasteiger partial charge in [-0.05, 0) is 51.5 Å². The van der Waals surface area contributed by atoms with Gasteiger partial charge in [0.15, 0.2) is 6.10 Å². The molecule has 2 aromatic rings. The Kier molecular flexibility index (Phi) is 4.83. The number of anilines is 1. The second-order valence-corrected chi connectivity index (χ2v) is 5.33. The predicted molar refractivity (Wildman–Crippen MR) is 82.8 cm³/mol. The van der Waals surface area contributed by atoms with Crippen LogP contribution in [0.15, 0.2) is 28.7 Å². The van der Waals surface area contributed by atoms with Gasteiger partial charge in [0.2, 0.25) is 0 Å². The van der Waals surface area contributed by atoms with Crippen LogP contribution in [0.1, 0.15) is 34.4 Å². The van der Waals surface area contributed by atoms with Crippen LogP contribution >= 0.6 is 0 Å². The van der Waals surface area contributed by atoms with Crippen molar-refractivity contribution in [3.63, 3.8) is 0 Å². The lowest BCUT2D eigenvalue weighted by atomic mass is 10.2. The highest BCUT2D eigenvalue weighted by Crippen LogP contribution is 2.17. The molecule has 1 N–H and O–H groups in total. The number of amides is 1. The SMILES string of the molecule is Cc1cc(C(=O)OC(C)C(=O)Nc2ccc(C)c(F)c2)c(C)o1. The number of benzene rings is 1. The summed E-state index contributed by atoms with van der Waals surface area (Å²) in [5, 5.41) is 2.51. The normalized spacial score (nSPS) is 11.9. The fraction of sp³-hybridized carbons (Fsp3) is 0.294. The molecule has 0 bridgehead atoms. The zero-order valence-corrected chi connectivity index (χ0v) is 13.4. The van der Waals surface area contributed by atoms with Gasteiger partial charge in [-0.3, -0.25) is 4.79 Å². The first-order valence-corrected chi connectivity index (χ1v) is 7.13. The van der Waals surface area contributed by atoms with E-state index in [-0.39, 0.29) is 5.56 Å². The fourth-order valence-corrected chi connectivity index (χ4v) is 2.03. The van der Waals surface area contributed by atoms with E-state index in [0.29, 0.717) is 22.8 Å². The van der Waals surface area contributed by atoms with Gasteiger partial charge in [0.25, 0.3) is 5.91 Å². The van der Waals surface area contributed by atoms with Crippen molar-refractivity contribution in [2.45, 2.75) is 33.8 Å². The molecule has 0 spiro atoms. The van der Waals surface area contributed by atoms with Gasteiger partial charge in [-0.2, -0.15) is 0 Å². The first-order chi connectivity index (χ1) is 10.8. The molecule has 0 aliphatic carbocycles. The van der Waals surface area contributed by atoms with Gasteiger partial charge < -0.3 is 14.5 Å². The van der Waals surface area contributed by atoms with E-state index in [1.54, 1.807) is 39.0 Å². The average Bonchev–Trinajstić information content (AvgIpc) is 2.81. The molecule has 1 heterocycles. The van der Waals surface area contributed by atoms with Gasteiger partial charge in [0, 0.05) is 5.69 Å². The number of carbonyl (C=O) groups excluding carboxylic acids is 2. The molecule has 0 fully saturated rings. The van der Waals surface area contributed by atoms with E-state index in [4.69, 9.17) is 9.15 Å². The smallest absolute Gasteiger partial charge is 0.342 e. The van der Waals surface area contributed by atoms with Crippen molar-refractivity contribution < 1.29 is 23.1 Å². The first kappa shape index (κ1) is 16.7. The maximum absolute atomic E-state index is 13.5. The highest BCUT2D eigenvalue weighted by molar-refractivity contribution is 5.97. The van der Waals surface area contributed by atoms with Gasteiger partial charge >= 0.3 is 5.97 Å². The van der Waals surface area contributed by atoms with E-state index in [1.165, 1.54) is 13.0 Å². The van der Waals surface area contributed by atoms with E-state index < -0.39 is 23.8 Å². The maximum atomic E-state index is 13.5. The highest BCUT2D eigenvalue weighted by Gasteiger charge is 2.22. The standard InChI is InChI=1S/C17H18FNO4/c1-9-5-6-13(8-15(9)18)19-16(20)12(4)23-17(21)14-7-10(2)22-11(14)3/h5-8,12H,1-4H3,(H,19,20). The zero-order valence-electron chi connectivity index (χ0n) is 13.4. The molecule has 1 amide bonds. The van der Waals surface area contributed by atoms with Crippen molar-refractivity contribution in [1.29, 1.82) is 0 Å². The average molecular weight is 319 g/mol. The van der Waals surface area contributed by atoms with Crippen molar-refractivity contribution in [2.24, 2.45) is 0 Å². The summed E-state index contributed by atoms with van der Waals surface area (Å²) in [6.45, 7) is 6.43. The third-order valence-electron chi connectivity index (χ3n) is 3.35. The van der Waals surface area contributed by atoms with Crippen LogP contribution in [0.4, 0.5) is 10.1 Å². The predicted octanol–water partition coefficient (Wildman–Crippen LogP) is 3.53. The van der Waals surface area contributed by atoms with Crippen LogP contribution in [0.25, 0.3) is 0 Å². The molecule has 5 nitrogen and oxygen atoms in total. The number of halogens is 1. The summed E-state index contributed by atoms with van der Waals surface area (Å²) >= 11 is 0. The highest BCUT2D eigenvalue weighted by atomic mass is 19.1. The van der Waals surface area contributed by atoms with Gasteiger partial charge in [0.1, 0.15) is 22.9 Å². The molecule has 0 radical (unpaired) electrons. The largest absolute Gasteiger partial charge is 0.466 e. The second-order valence-electron chi connectivity index (χ2n) is 5.33. The van der Waals surface area contributed by atoms with Gasteiger partial charge in [-0.25, -0.2) is 9.18 Å². The molecule has 0 aliphatic heterocycles. The molecule has 122 valence electrons. The zero-order chi connectivity index (χ0) is 17.1. The lowest BCUT2D eigenvalue weighted by molar-refractivity contribution is -0.123. The Balaban J connectivity index is 2.00. The number of hydrogen-bond donors (Lipinski definition) is 1. The topological polar surface area (TPSA) is 68.5 Å². The quantitative estimate of drug-likeness (QED) is 0.875. The number of aryl methyl sites for hydroxylation is 3. The summed E-state index contributed by atoms with van der Waals surface area (Å²) in [6.07, 6.45) is -1.03. The molecule has 23 heavy (non-hydrogen) atoms. The van der Waals surface area contributed by atoms with Crippen molar-refractivity contribution in [3.8, 4) is 0 Å². The van der Waals surface area contributed by atoms with Crippen molar-refractivity contribution in [1.82, 2.24) is 0 Å². The molecule has 1 aromatic carbocycles. The van der Waals surface area contributed by atoms with E-state index in [0.717, 1.165) is 0 Å². The van der Waals surface area contributed by atoms with Gasteiger partial charge in [-0.1, -0.05) is 6.07 Å². The third kappa shape index (κ3) is 3.97. The van der Waals surface area contributed by atoms with Gasteiger partial charge in [0.05, 0.1) is 0 Å². The molecule has 1 aromatic heterocycles. The number of esters is 1. The fourth-order valence-electron chi connectivity index (χ4n) is 2.03. The third-order valence-corrected chi connectivity index (χ3v) is 3.35. The van der Waals surface area contributed by atoms with Crippen molar-refractivity contribution >= 4 is 17.6 Å². The Hall–Kier alpha value is -2.63. The minimum absolute atomic E-state index is 0.281. The van der Waals surface area contributed by atoms with E-state index in [2.05, 4.69) is 5.32 Å². The number of nitrogens with one attached hydrogen (secondary N) is 1. The number of carbonyl (C=O) groups is 2. The molecular weight excluding hydrogens is 301 g/mol. The molecular formula is C17H18FNO4. The Morgan fingerprint density at radius 3 is 2.48 bits per heavy atom. The number of hydrogen-bond acceptors (Lipinski definition) is 4. The summed E-state index contributed by atoms with van der Waals surface area (Å²) in [4.78, 5) is 24.1. The number of ether oxygens (including phenoxy) is 1. The molecule has 0 saturated heterocycles. The Morgan fingerprint density at radius 1 is 1.22 bits per heavy atom. The maximum Gasteiger partial charge on any atom is 0.342 e. The van der Waals surface area contributed by atoms with E-state index >= 15 is 0 Å². The van der Waals surface area contributed by atoms with Crippen LogP contribution in [-0.2, 0) is 9.53 Å². The molecule has 2 rings (SSSR count). The monoisotopic (exact) mass is 319 g/mol. The van der Waals surface area contributed by atoms with Crippen LogP contribution in [0, 0.1) is 26.6 Å². The lowest BCUT2D eigenvalue weighted by Gasteiger charge is -2.13. The van der Waals surface area contributed by atoms with E-state index in [1.807, 2.05) is 0 Å². The molecule has 1 atom stereocenters. The van der Waals surface area contributed by atoms with Crippen LogP contribution in [0.2, 0.25) is 0 Å². The number of rotatable bonds is 4. The summed E-state index contributed by atoms with van der Waals surface area (Å²) in [7, 11) is 0. The summed E-state index contributed by atoms with van der Waals surface area (Å²) in [5.74, 6) is -0.587. The number of furan rings is 1. The van der Waals surface area contributed by atoms with E-state index in [9.17, 15) is 14.0 Å². The first-order valence-electron chi connectivity index (χ1n) is 7.13. The molecule has 0 aliphatic rings. The van der Waals surface area contributed by atoms with Gasteiger partial charge in [-0.15, -0.1) is 0 Å². The van der Waals surface area contributed by atoms with Crippen LogP contribution in [0.5, 0.6) is 0 Å². The molecule has 0 saturated carbocycles. The Morgan fingerprint density at radius 2 is 1.91 bits per heavy atom. The Labute approximate surface area is 133 Å². The van der Waals surface area contributed by atoms with Crippen LogP contribution in [0.3, 0.4) is 0 Å². The molecule has 1 unspecified atom stereocenters. The second kappa shape index (κ2) is 6.64. The Bertz CT molecular complexity index is 751. The summed E-state index contributed by atoms with van der Waals surface area (Å²) in [5.41, 5.74) is 1.06.